The van der Waals surface area contributed by atoms with Crippen LogP contribution < -0.4 is 16.4 Å². The molecule has 29 heavy (non-hydrogen) atoms. The minimum absolute atomic E-state index is 0.553. The van der Waals surface area contributed by atoms with Crippen molar-refractivity contribution in [2.75, 3.05) is 5.32 Å². The standard InChI is InChI=1S/C21H33N3O5/c1-13(15(22)17(25)28-20(2,3)4)16(18(26)29-21(5,6)7)24-19(27)23-14-11-9-8-10-12-14/h8-13,15-16H,22H2,1-7H3,(H2,23,24,27)/t13?,15?,16-/m0/s1. The smallest absolute Gasteiger partial charge is 0.329 e. The summed E-state index contributed by atoms with van der Waals surface area (Å²) in [6, 6.07) is 5.86. The second-order valence-corrected chi connectivity index (χ2v) is 8.89. The first-order valence-electron chi connectivity index (χ1n) is 9.53. The Labute approximate surface area is 172 Å². The summed E-state index contributed by atoms with van der Waals surface area (Å²) in [6.45, 7) is 11.9. The maximum absolute atomic E-state index is 12.7. The van der Waals surface area contributed by atoms with Crippen molar-refractivity contribution in [3.8, 4) is 0 Å². The third-order valence-electron chi connectivity index (χ3n) is 3.75. The molecule has 3 atom stereocenters. The Hall–Kier alpha value is -2.61. The van der Waals surface area contributed by atoms with Crippen LogP contribution in [0, 0.1) is 5.92 Å². The highest BCUT2D eigenvalue weighted by molar-refractivity contribution is 5.93. The number of esters is 2. The Morgan fingerprint density at radius 2 is 1.38 bits per heavy atom. The van der Waals surface area contributed by atoms with Gasteiger partial charge in [-0.3, -0.25) is 4.79 Å². The molecule has 0 aliphatic rings. The second kappa shape index (κ2) is 9.73. The van der Waals surface area contributed by atoms with Gasteiger partial charge < -0.3 is 25.8 Å². The Kier molecular flexibility index (Phi) is 8.20. The van der Waals surface area contributed by atoms with Crippen molar-refractivity contribution in [2.24, 2.45) is 11.7 Å². The molecule has 1 aromatic rings. The van der Waals surface area contributed by atoms with E-state index in [0.29, 0.717) is 5.69 Å². The van der Waals surface area contributed by atoms with Crippen LogP contribution in [0.5, 0.6) is 0 Å². The Morgan fingerprint density at radius 1 is 0.897 bits per heavy atom. The number of hydrogen-bond donors (Lipinski definition) is 3. The molecule has 0 aliphatic heterocycles. The first kappa shape index (κ1) is 24.4. The van der Waals surface area contributed by atoms with Crippen LogP contribution in [-0.4, -0.2) is 41.3 Å². The van der Waals surface area contributed by atoms with Gasteiger partial charge in [0.1, 0.15) is 23.3 Å². The summed E-state index contributed by atoms with van der Waals surface area (Å²) in [5.41, 5.74) is 5.09. The molecule has 0 radical (unpaired) electrons. The zero-order valence-corrected chi connectivity index (χ0v) is 18.2. The number of benzene rings is 1. The largest absolute Gasteiger partial charge is 0.459 e. The molecule has 0 aromatic heterocycles. The van der Waals surface area contributed by atoms with Gasteiger partial charge in [0.05, 0.1) is 0 Å². The highest BCUT2D eigenvalue weighted by atomic mass is 16.6. The van der Waals surface area contributed by atoms with Crippen molar-refractivity contribution in [3.05, 3.63) is 30.3 Å². The number of carbonyl (C=O) groups excluding carboxylic acids is 3. The van der Waals surface area contributed by atoms with E-state index < -0.39 is 47.2 Å². The summed E-state index contributed by atoms with van der Waals surface area (Å²) in [5, 5.41) is 5.21. The first-order chi connectivity index (χ1) is 13.2. The second-order valence-electron chi connectivity index (χ2n) is 8.89. The number of hydrogen-bond acceptors (Lipinski definition) is 6. The van der Waals surface area contributed by atoms with Crippen molar-refractivity contribution < 1.29 is 23.9 Å². The van der Waals surface area contributed by atoms with Gasteiger partial charge in [-0.15, -0.1) is 0 Å². The molecule has 0 saturated carbocycles. The van der Waals surface area contributed by atoms with Crippen LogP contribution in [0.4, 0.5) is 10.5 Å². The van der Waals surface area contributed by atoms with E-state index in [1.165, 1.54) is 0 Å². The van der Waals surface area contributed by atoms with Crippen LogP contribution in [-0.2, 0) is 19.1 Å². The molecule has 4 N–H and O–H groups in total. The highest BCUT2D eigenvalue weighted by Gasteiger charge is 2.38. The predicted molar refractivity (Wildman–Crippen MR) is 111 cm³/mol. The molecule has 0 fully saturated rings. The van der Waals surface area contributed by atoms with E-state index in [4.69, 9.17) is 15.2 Å². The van der Waals surface area contributed by atoms with Gasteiger partial charge >= 0.3 is 18.0 Å². The molecule has 0 aliphatic carbocycles. The Morgan fingerprint density at radius 3 is 1.86 bits per heavy atom. The molecule has 1 rings (SSSR count). The number of carbonyl (C=O) groups is 3. The van der Waals surface area contributed by atoms with Crippen LogP contribution in [0.15, 0.2) is 30.3 Å². The lowest BCUT2D eigenvalue weighted by atomic mass is 9.93. The van der Waals surface area contributed by atoms with Crippen LogP contribution in [0.3, 0.4) is 0 Å². The minimum atomic E-state index is -1.15. The number of urea groups is 1. The zero-order valence-electron chi connectivity index (χ0n) is 18.2. The summed E-state index contributed by atoms with van der Waals surface area (Å²) in [4.78, 5) is 37.5. The fourth-order valence-electron chi connectivity index (χ4n) is 2.39. The van der Waals surface area contributed by atoms with Crippen LogP contribution >= 0.6 is 0 Å². The number of ether oxygens (including phenoxy) is 2. The molecular weight excluding hydrogens is 374 g/mol. The molecule has 0 bridgehead atoms. The number of nitrogens with two attached hydrogens (primary N) is 1. The van der Waals surface area contributed by atoms with Crippen LogP contribution in [0.1, 0.15) is 48.5 Å². The first-order valence-corrected chi connectivity index (χ1v) is 9.53. The van der Waals surface area contributed by atoms with Gasteiger partial charge in [0.2, 0.25) is 0 Å². The van der Waals surface area contributed by atoms with Gasteiger partial charge in [0.15, 0.2) is 0 Å². The van der Waals surface area contributed by atoms with Crippen molar-refractivity contribution in [1.82, 2.24) is 5.32 Å². The quantitative estimate of drug-likeness (QED) is 0.624. The fraction of sp³-hybridized carbons (Fsp3) is 0.571. The van der Waals surface area contributed by atoms with E-state index in [-0.39, 0.29) is 0 Å². The molecule has 2 unspecified atom stereocenters. The van der Waals surface area contributed by atoms with Crippen LogP contribution in [0.25, 0.3) is 0 Å². The van der Waals surface area contributed by atoms with E-state index in [1.807, 2.05) is 6.07 Å². The number of rotatable bonds is 6. The van der Waals surface area contributed by atoms with Crippen molar-refractivity contribution in [3.63, 3.8) is 0 Å². The molecule has 2 amide bonds. The highest BCUT2D eigenvalue weighted by Crippen LogP contribution is 2.18. The van der Waals surface area contributed by atoms with Crippen molar-refractivity contribution in [1.29, 1.82) is 0 Å². The molecule has 0 spiro atoms. The SMILES string of the molecule is CC(C(N)C(=O)OC(C)(C)C)[C@H](NC(=O)Nc1ccccc1)C(=O)OC(C)(C)C. The summed E-state index contributed by atoms with van der Waals surface area (Å²) in [6.07, 6.45) is 0. The average Bonchev–Trinajstić information content (AvgIpc) is 2.56. The molecule has 162 valence electrons. The maximum atomic E-state index is 12.7. The lowest BCUT2D eigenvalue weighted by Gasteiger charge is -2.31. The summed E-state index contributed by atoms with van der Waals surface area (Å²) >= 11 is 0. The van der Waals surface area contributed by atoms with E-state index in [9.17, 15) is 14.4 Å². The van der Waals surface area contributed by atoms with E-state index in [0.717, 1.165) is 0 Å². The zero-order chi connectivity index (χ0) is 22.4. The lowest BCUT2D eigenvalue weighted by molar-refractivity contribution is -0.161. The molecular formula is C21H33N3O5. The normalized spacial score (nSPS) is 14.9. The van der Waals surface area contributed by atoms with E-state index in [2.05, 4.69) is 10.6 Å². The van der Waals surface area contributed by atoms with Gasteiger partial charge in [0.25, 0.3) is 0 Å². The monoisotopic (exact) mass is 407 g/mol. The third-order valence-corrected chi connectivity index (χ3v) is 3.75. The average molecular weight is 408 g/mol. The third kappa shape index (κ3) is 8.95. The van der Waals surface area contributed by atoms with E-state index >= 15 is 0 Å². The minimum Gasteiger partial charge on any atom is -0.459 e. The summed E-state index contributed by atoms with van der Waals surface area (Å²) < 4.78 is 10.7. The van der Waals surface area contributed by atoms with Gasteiger partial charge in [-0.05, 0) is 53.7 Å². The molecule has 8 nitrogen and oxygen atoms in total. The Bertz CT molecular complexity index is 707. The van der Waals surface area contributed by atoms with Gasteiger partial charge in [-0.2, -0.15) is 0 Å². The number of anilines is 1. The van der Waals surface area contributed by atoms with Crippen LogP contribution in [0.2, 0.25) is 0 Å². The molecule has 0 saturated heterocycles. The number of nitrogens with one attached hydrogen (secondary N) is 2. The fourth-order valence-corrected chi connectivity index (χ4v) is 2.39. The molecule has 1 aromatic carbocycles. The van der Waals surface area contributed by atoms with Gasteiger partial charge in [-0.25, -0.2) is 9.59 Å². The summed E-state index contributed by atoms with van der Waals surface area (Å²) in [7, 11) is 0. The summed E-state index contributed by atoms with van der Waals surface area (Å²) in [5.74, 6) is -2.13. The molecule has 0 heterocycles. The number of para-hydroxylation sites is 1. The molecule has 8 heteroatoms. The predicted octanol–water partition coefficient (Wildman–Crippen LogP) is 2.82. The van der Waals surface area contributed by atoms with Gasteiger partial charge in [0, 0.05) is 11.6 Å². The van der Waals surface area contributed by atoms with Gasteiger partial charge in [-0.1, -0.05) is 25.1 Å². The van der Waals surface area contributed by atoms with E-state index in [1.54, 1.807) is 72.7 Å². The lowest BCUT2D eigenvalue weighted by Crippen LogP contribution is -2.56. The Balaban J connectivity index is 2.98. The van der Waals surface area contributed by atoms with Crippen molar-refractivity contribution in [2.45, 2.75) is 71.8 Å². The topological polar surface area (TPSA) is 120 Å². The van der Waals surface area contributed by atoms with Crippen molar-refractivity contribution >= 4 is 23.7 Å². The maximum Gasteiger partial charge on any atom is 0.329 e. The number of amides is 2.